The molecule has 1 heterocycles. The van der Waals surface area contributed by atoms with Crippen molar-refractivity contribution in [2.24, 2.45) is 0 Å². The predicted molar refractivity (Wildman–Crippen MR) is 95.5 cm³/mol. The van der Waals surface area contributed by atoms with Crippen molar-refractivity contribution < 1.29 is 9.59 Å². The average molecular weight is 362 g/mol. The Morgan fingerprint density at radius 2 is 1.96 bits per heavy atom. The number of pyridine rings is 1. The van der Waals surface area contributed by atoms with E-state index < -0.39 is 0 Å². The van der Waals surface area contributed by atoms with Crippen LogP contribution in [0, 0.1) is 0 Å². The van der Waals surface area contributed by atoms with Crippen LogP contribution < -0.4 is 10.6 Å². The van der Waals surface area contributed by atoms with Crippen molar-refractivity contribution in [3.8, 4) is 0 Å². The van der Waals surface area contributed by atoms with Gasteiger partial charge in [0.15, 0.2) is 0 Å². The number of halogens is 1. The number of carbonyl (C=O) groups excluding carboxylic acids is 2. The molecule has 24 heavy (non-hydrogen) atoms. The van der Waals surface area contributed by atoms with Crippen LogP contribution in [0.4, 0.5) is 5.69 Å². The maximum absolute atomic E-state index is 12.3. The fraction of sp³-hybridized carbons (Fsp3) is 0.235. The summed E-state index contributed by atoms with van der Waals surface area (Å²) in [5.74, 6) is -0.146. The predicted octanol–water partition coefficient (Wildman–Crippen LogP) is 3.36. The van der Waals surface area contributed by atoms with Crippen LogP contribution in [0.3, 0.4) is 0 Å². The highest BCUT2D eigenvalue weighted by Crippen LogP contribution is 2.24. The molecule has 0 bridgehead atoms. The summed E-state index contributed by atoms with van der Waals surface area (Å²) >= 11 is 7.40. The van der Waals surface area contributed by atoms with Gasteiger partial charge >= 0.3 is 0 Å². The van der Waals surface area contributed by atoms with E-state index in [-0.39, 0.29) is 23.6 Å². The zero-order valence-electron chi connectivity index (χ0n) is 12.8. The van der Waals surface area contributed by atoms with Gasteiger partial charge in [0.1, 0.15) is 0 Å². The Balaban J connectivity index is 1.65. The molecular weight excluding hydrogens is 346 g/mol. The Hall–Kier alpha value is -2.05. The molecule has 0 radical (unpaired) electrons. The third-order valence-electron chi connectivity index (χ3n) is 3.43. The van der Waals surface area contributed by atoms with Crippen molar-refractivity contribution in [3.63, 3.8) is 0 Å². The minimum atomic E-state index is -0.211. The topological polar surface area (TPSA) is 71.1 Å². The molecule has 1 aliphatic carbocycles. The molecule has 124 valence electrons. The molecule has 1 fully saturated rings. The first-order valence-corrected chi connectivity index (χ1v) is 8.91. The van der Waals surface area contributed by atoms with E-state index in [1.54, 1.807) is 30.6 Å². The zero-order valence-corrected chi connectivity index (χ0v) is 14.4. The lowest BCUT2D eigenvalue weighted by atomic mass is 10.1. The smallest absolute Gasteiger partial charge is 0.253 e. The van der Waals surface area contributed by atoms with E-state index >= 15 is 0 Å². The highest BCUT2D eigenvalue weighted by atomic mass is 35.5. The van der Waals surface area contributed by atoms with Gasteiger partial charge in [0.2, 0.25) is 5.91 Å². The lowest BCUT2D eigenvalue weighted by Crippen LogP contribution is -2.27. The summed E-state index contributed by atoms with van der Waals surface area (Å²) in [5, 5.41) is 6.15. The van der Waals surface area contributed by atoms with Gasteiger partial charge in [-0.05, 0) is 43.2 Å². The quantitative estimate of drug-likeness (QED) is 0.774. The second-order valence-electron chi connectivity index (χ2n) is 5.46. The lowest BCUT2D eigenvalue weighted by molar-refractivity contribution is -0.113. The van der Waals surface area contributed by atoms with Crippen molar-refractivity contribution in [1.29, 1.82) is 0 Å². The molecule has 1 aromatic carbocycles. The number of rotatable bonds is 6. The molecule has 1 saturated carbocycles. The lowest BCUT2D eigenvalue weighted by Gasteiger charge is -2.11. The molecule has 2 amide bonds. The van der Waals surface area contributed by atoms with Gasteiger partial charge in [0.05, 0.1) is 17.0 Å². The number of carbonyl (C=O) groups is 2. The largest absolute Gasteiger partial charge is 0.349 e. The second kappa shape index (κ2) is 7.68. The van der Waals surface area contributed by atoms with Crippen LogP contribution in [-0.4, -0.2) is 28.6 Å². The maximum Gasteiger partial charge on any atom is 0.253 e. The normalized spacial score (nSPS) is 13.4. The number of anilines is 1. The Morgan fingerprint density at radius 1 is 1.21 bits per heavy atom. The van der Waals surface area contributed by atoms with Gasteiger partial charge in [-0.15, -0.1) is 11.8 Å². The monoisotopic (exact) mass is 361 g/mol. The molecule has 0 aliphatic heterocycles. The molecule has 2 N–H and O–H groups in total. The van der Waals surface area contributed by atoms with Gasteiger partial charge in [-0.25, -0.2) is 0 Å². The number of hydrogen-bond donors (Lipinski definition) is 2. The summed E-state index contributed by atoms with van der Waals surface area (Å²) in [4.78, 5) is 29.4. The fourth-order valence-electron chi connectivity index (χ4n) is 2.07. The highest BCUT2D eigenvalue weighted by Gasteiger charge is 2.25. The standard InChI is InChI=1S/C17H16ClN3O2S/c18-11-1-4-15(14(9-11)17(23)20-12-2-3-12)21-16(22)10-24-13-5-7-19-8-6-13/h1,4-9,12H,2-3,10H2,(H,20,23)(H,21,22). The van der Waals surface area contributed by atoms with Crippen molar-refractivity contribution in [2.45, 2.75) is 23.8 Å². The van der Waals surface area contributed by atoms with Crippen molar-refractivity contribution in [3.05, 3.63) is 53.3 Å². The van der Waals surface area contributed by atoms with Gasteiger partial charge in [0.25, 0.3) is 5.91 Å². The molecular formula is C17H16ClN3O2S. The van der Waals surface area contributed by atoms with Crippen LogP contribution in [0.2, 0.25) is 5.02 Å². The maximum atomic E-state index is 12.3. The molecule has 3 rings (SSSR count). The van der Waals surface area contributed by atoms with Crippen LogP contribution in [0.1, 0.15) is 23.2 Å². The van der Waals surface area contributed by atoms with Gasteiger partial charge in [-0.3, -0.25) is 14.6 Å². The number of nitrogens with zero attached hydrogens (tertiary/aromatic N) is 1. The average Bonchev–Trinajstić information content (AvgIpc) is 3.39. The Kier molecular flexibility index (Phi) is 5.37. The van der Waals surface area contributed by atoms with Gasteiger partial charge in [0, 0.05) is 28.4 Å². The first-order chi connectivity index (χ1) is 11.6. The number of thioether (sulfide) groups is 1. The van der Waals surface area contributed by atoms with Crippen LogP contribution in [0.15, 0.2) is 47.6 Å². The fourth-order valence-corrected chi connectivity index (χ4v) is 2.93. The first kappa shape index (κ1) is 16.8. The number of aromatic nitrogens is 1. The Bertz CT molecular complexity index is 751. The van der Waals surface area contributed by atoms with E-state index in [9.17, 15) is 9.59 Å². The van der Waals surface area contributed by atoms with Crippen molar-refractivity contribution in [2.75, 3.05) is 11.1 Å². The molecule has 2 aromatic rings. The number of benzene rings is 1. The zero-order chi connectivity index (χ0) is 16.9. The molecule has 1 aliphatic rings. The second-order valence-corrected chi connectivity index (χ2v) is 6.94. The van der Waals surface area contributed by atoms with Crippen LogP contribution >= 0.6 is 23.4 Å². The first-order valence-electron chi connectivity index (χ1n) is 7.55. The van der Waals surface area contributed by atoms with E-state index in [0.29, 0.717) is 16.3 Å². The SMILES string of the molecule is O=C(CSc1ccncc1)Nc1ccc(Cl)cc1C(=O)NC1CC1. The molecule has 0 spiro atoms. The summed E-state index contributed by atoms with van der Waals surface area (Å²) < 4.78 is 0. The molecule has 0 atom stereocenters. The minimum Gasteiger partial charge on any atom is -0.349 e. The van der Waals surface area contributed by atoms with E-state index in [2.05, 4.69) is 15.6 Å². The summed E-state index contributed by atoms with van der Waals surface area (Å²) in [6, 6.07) is 8.80. The highest BCUT2D eigenvalue weighted by molar-refractivity contribution is 8.00. The molecule has 5 nitrogen and oxygen atoms in total. The Morgan fingerprint density at radius 3 is 2.67 bits per heavy atom. The van der Waals surface area contributed by atoms with Crippen molar-refractivity contribution in [1.82, 2.24) is 10.3 Å². The summed E-state index contributed by atoms with van der Waals surface area (Å²) in [6.45, 7) is 0. The number of nitrogens with one attached hydrogen (secondary N) is 2. The third kappa shape index (κ3) is 4.72. The summed E-state index contributed by atoms with van der Waals surface area (Å²) in [5.41, 5.74) is 0.856. The van der Waals surface area contributed by atoms with E-state index in [1.165, 1.54) is 11.8 Å². The summed E-state index contributed by atoms with van der Waals surface area (Å²) in [6.07, 6.45) is 5.35. The van der Waals surface area contributed by atoms with E-state index in [4.69, 9.17) is 11.6 Å². The Labute approximate surface area is 149 Å². The van der Waals surface area contributed by atoms with Crippen LogP contribution in [0.5, 0.6) is 0 Å². The molecule has 0 unspecified atom stereocenters. The van der Waals surface area contributed by atoms with Crippen molar-refractivity contribution >= 4 is 40.9 Å². The van der Waals surface area contributed by atoms with Gasteiger partial charge in [-0.2, -0.15) is 0 Å². The van der Waals surface area contributed by atoms with Crippen LogP contribution in [-0.2, 0) is 4.79 Å². The van der Waals surface area contributed by atoms with Crippen LogP contribution in [0.25, 0.3) is 0 Å². The molecule has 0 saturated heterocycles. The van der Waals surface area contributed by atoms with E-state index in [1.807, 2.05) is 12.1 Å². The van der Waals surface area contributed by atoms with Gasteiger partial charge in [-0.1, -0.05) is 11.6 Å². The minimum absolute atomic E-state index is 0.181. The van der Waals surface area contributed by atoms with E-state index in [0.717, 1.165) is 17.7 Å². The third-order valence-corrected chi connectivity index (χ3v) is 4.68. The number of hydrogen-bond acceptors (Lipinski definition) is 4. The molecule has 7 heteroatoms. The molecule has 1 aromatic heterocycles. The van der Waals surface area contributed by atoms with Gasteiger partial charge < -0.3 is 10.6 Å². The number of amides is 2. The summed E-state index contributed by atoms with van der Waals surface area (Å²) in [7, 11) is 0.